The summed E-state index contributed by atoms with van der Waals surface area (Å²) in [6.45, 7) is 1.10. The lowest BCUT2D eigenvalue weighted by Crippen LogP contribution is -2.41. The maximum Gasteiger partial charge on any atom is 0.407 e. The standard InChI is InChI=1S/C11H13ClN2O3/c12-8-5-7(1-2-9(8)13)10-6-14(11(15)16)3-4-17-10/h1-2,5,10H,3-4,6,13H2,(H,15,16)/t10-/m0/s1. The molecule has 2 rings (SSSR count). The number of amides is 1. The number of halogens is 1. The Balaban J connectivity index is 2.16. The van der Waals surface area contributed by atoms with Crippen molar-refractivity contribution in [2.75, 3.05) is 25.4 Å². The smallest absolute Gasteiger partial charge is 0.407 e. The third-order valence-electron chi connectivity index (χ3n) is 2.73. The molecule has 0 spiro atoms. The van der Waals surface area contributed by atoms with E-state index in [4.69, 9.17) is 27.2 Å². The monoisotopic (exact) mass is 256 g/mol. The van der Waals surface area contributed by atoms with E-state index in [9.17, 15) is 4.79 Å². The average Bonchev–Trinajstić information content (AvgIpc) is 2.33. The molecule has 1 fully saturated rings. The fraction of sp³-hybridized carbons (Fsp3) is 0.364. The van der Waals surface area contributed by atoms with Crippen molar-refractivity contribution in [2.45, 2.75) is 6.10 Å². The van der Waals surface area contributed by atoms with Crippen LogP contribution >= 0.6 is 11.6 Å². The maximum atomic E-state index is 10.9. The van der Waals surface area contributed by atoms with Crippen LogP contribution in [0.4, 0.5) is 10.5 Å². The molecule has 6 heteroatoms. The molecule has 0 saturated carbocycles. The van der Waals surface area contributed by atoms with E-state index < -0.39 is 6.09 Å². The van der Waals surface area contributed by atoms with Crippen LogP contribution in [0.3, 0.4) is 0 Å². The quantitative estimate of drug-likeness (QED) is 0.754. The van der Waals surface area contributed by atoms with Gasteiger partial charge in [-0.2, -0.15) is 0 Å². The lowest BCUT2D eigenvalue weighted by atomic mass is 10.1. The summed E-state index contributed by atoms with van der Waals surface area (Å²) >= 11 is 5.92. The lowest BCUT2D eigenvalue weighted by molar-refractivity contribution is -0.0231. The molecule has 1 atom stereocenters. The second kappa shape index (κ2) is 4.81. The number of morpholine rings is 1. The van der Waals surface area contributed by atoms with Gasteiger partial charge in [-0.15, -0.1) is 0 Å². The lowest BCUT2D eigenvalue weighted by Gasteiger charge is -2.31. The van der Waals surface area contributed by atoms with Crippen molar-refractivity contribution in [1.29, 1.82) is 0 Å². The largest absolute Gasteiger partial charge is 0.465 e. The molecule has 1 aromatic rings. The fourth-order valence-corrected chi connectivity index (χ4v) is 1.96. The van der Waals surface area contributed by atoms with E-state index in [-0.39, 0.29) is 6.10 Å². The number of nitrogen functional groups attached to an aromatic ring is 1. The Hall–Kier alpha value is -1.46. The van der Waals surface area contributed by atoms with Crippen LogP contribution in [-0.2, 0) is 4.74 Å². The van der Waals surface area contributed by atoms with Gasteiger partial charge in [-0.1, -0.05) is 17.7 Å². The third kappa shape index (κ3) is 2.62. The zero-order chi connectivity index (χ0) is 12.4. The van der Waals surface area contributed by atoms with Gasteiger partial charge in [-0.3, -0.25) is 0 Å². The highest BCUT2D eigenvalue weighted by Crippen LogP contribution is 2.27. The summed E-state index contributed by atoms with van der Waals surface area (Å²) < 4.78 is 5.53. The first kappa shape index (κ1) is 12.0. The second-order valence-electron chi connectivity index (χ2n) is 3.87. The van der Waals surface area contributed by atoms with E-state index >= 15 is 0 Å². The molecule has 3 N–H and O–H groups in total. The van der Waals surface area contributed by atoms with Crippen molar-refractivity contribution in [3.63, 3.8) is 0 Å². The number of rotatable bonds is 1. The first-order valence-corrected chi connectivity index (χ1v) is 5.60. The van der Waals surface area contributed by atoms with Crippen LogP contribution in [-0.4, -0.2) is 35.8 Å². The molecule has 0 unspecified atom stereocenters. The normalized spacial score (nSPS) is 20.3. The van der Waals surface area contributed by atoms with Gasteiger partial charge in [0.05, 0.1) is 23.9 Å². The summed E-state index contributed by atoms with van der Waals surface area (Å²) in [5, 5.41) is 9.38. The molecule has 17 heavy (non-hydrogen) atoms. The predicted octanol–water partition coefficient (Wildman–Crippen LogP) is 1.97. The molecule has 0 aromatic heterocycles. The minimum Gasteiger partial charge on any atom is -0.465 e. The van der Waals surface area contributed by atoms with Crippen molar-refractivity contribution in [2.24, 2.45) is 0 Å². The predicted molar refractivity (Wildman–Crippen MR) is 64.2 cm³/mol. The third-order valence-corrected chi connectivity index (χ3v) is 3.06. The van der Waals surface area contributed by atoms with Crippen molar-refractivity contribution in [3.05, 3.63) is 28.8 Å². The van der Waals surface area contributed by atoms with Crippen molar-refractivity contribution >= 4 is 23.4 Å². The number of ether oxygens (including phenoxy) is 1. The first-order chi connectivity index (χ1) is 8.08. The SMILES string of the molecule is Nc1ccc([C@@H]2CN(C(=O)O)CCO2)cc1Cl. The Labute approximate surface area is 104 Å². The molecule has 1 aliphatic heterocycles. The van der Waals surface area contributed by atoms with Crippen LogP contribution < -0.4 is 5.73 Å². The van der Waals surface area contributed by atoms with Gasteiger partial charge in [-0.05, 0) is 17.7 Å². The molecule has 0 bridgehead atoms. The zero-order valence-electron chi connectivity index (χ0n) is 9.10. The number of hydrogen-bond donors (Lipinski definition) is 2. The van der Waals surface area contributed by atoms with E-state index in [2.05, 4.69) is 0 Å². The van der Waals surface area contributed by atoms with Crippen molar-refractivity contribution < 1.29 is 14.6 Å². The van der Waals surface area contributed by atoms with Gasteiger partial charge in [0.2, 0.25) is 0 Å². The van der Waals surface area contributed by atoms with Crippen LogP contribution in [0.15, 0.2) is 18.2 Å². The van der Waals surface area contributed by atoms with Gasteiger partial charge in [0.25, 0.3) is 0 Å². The Kier molecular flexibility index (Phi) is 3.40. The van der Waals surface area contributed by atoms with Crippen molar-refractivity contribution in [3.8, 4) is 0 Å². The summed E-state index contributed by atoms with van der Waals surface area (Å²) in [7, 11) is 0. The summed E-state index contributed by atoms with van der Waals surface area (Å²) in [5.74, 6) is 0. The van der Waals surface area contributed by atoms with Crippen LogP contribution in [0.2, 0.25) is 5.02 Å². The minimum absolute atomic E-state index is 0.280. The number of nitrogens with zero attached hydrogens (tertiary/aromatic N) is 1. The van der Waals surface area contributed by atoms with Crippen LogP contribution in [0.25, 0.3) is 0 Å². The molecule has 1 saturated heterocycles. The number of carbonyl (C=O) groups is 1. The molecule has 1 aromatic carbocycles. The zero-order valence-corrected chi connectivity index (χ0v) is 9.85. The van der Waals surface area contributed by atoms with E-state index in [1.54, 1.807) is 18.2 Å². The highest BCUT2D eigenvalue weighted by atomic mass is 35.5. The van der Waals surface area contributed by atoms with E-state index in [1.807, 2.05) is 0 Å². The second-order valence-corrected chi connectivity index (χ2v) is 4.28. The molecule has 1 amide bonds. The van der Waals surface area contributed by atoms with Crippen molar-refractivity contribution in [1.82, 2.24) is 4.90 Å². The van der Waals surface area contributed by atoms with Gasteiger partial charge in [0.15, 0.2) is 0 Å². The molecular formula is C11H13ClN2O3. The summed E-state index contributed by atoms with van der Waals surface area (Å²) in [6.07, 6.45) is -1.21. The average molecular weight is 257 g/mol. The highest BCUT2D eigenvalue weighted by Gasteiger charge is 2.25. The molecule has 1 aliphatic rings. The Bertz CT molecular complexity index is 439. The molecule has 92 valence electrons. The Morgan fingerprint density at radius 3 is 3.00 bits per heavy atom. The first-order valence-electron chi connectivity index (χ1n) is 5.22. The molecule has 5 nitrogen and oxygen atoms in total. The minimum atomic E-state index is -0.931. The van der Waals surface area contributed by atoms with Crippen LogP contribution in [0, 0.1) is 0 Å². The van der Waals surface area contributed by atoms with E-state index in [0.29, 0.717) is 30.4 Å². The van der Waals surface area contributed by atoms with E-state index in [1.165, 1.54) is 4.90 Å². The Morgan fingerprint density at radius 1 is 1.59 bits per heavy atom. The van der Waals surface area contributed by atoms with E-state index in [0.717, 1.165) is 5.56 Å². The summed E-state index contributed by atoms with van der Waals surface area (Å²) in [5.41, 5.74) is 6.96. The maximum absolute atomic E-state index is 10.9. The number of benzene rings is 1. The number of nitrogens with two attached hydrogens (primary N) is 1. The number of hydrogen-bond acceptors (Lipinski definition) is 3. The van der Waals surface area contributed by atoms with Gasteiger partial charge in [0, 0.05) is 6.54 Å². The fourth-order valence-electron chi connectivity index (χ4n) is 1.77. The Morgan fingerprint density at radius 2 is 2.35 bits per heavy atom. The molecule has 1 heterocycles. The number of anilines is 1. The highest BCUT2D eigenvalue weighted by molar-refractivity contribution is 6.33. The summed E-state index contributed by atoms with van der Waals surface area (Å²) in [4.78, 5) is 12.2. The number of carboxylic acid groups (broad SMARTS) is 1. The van der Waals surface area contributed by atoms with Gasteiger partial charge in [-0.25, -0.2) is 4.79 Å². The molecule has 0 aliphatic carbocycles. The van der Waals surface area contributed by atoms with Crippen LogP contribution in [0.1, 0.15) is 11.7 Å². The van der Waals surface area contributed by atoms with Gasteiger partial charge in [0.1, 0.15) is 6.10 Å². The molecule has 0 radical (unpaired) electrons. The molecular weight excluding hydrogens is 244 g/mol. The van der Waals surface area contributed by atoms with Gasteiger partial charge >= 0.3 is 6.09 Å². The topological polar surface area (TPSA) is 75.8 Å². The summed E-state index contributed by atoms with van der Waals surface area (Å²) in [6, 6.07) is 5.21. The van der Waals surface area contributed by atoms with Crippen LogP contribution in [0.5, 0.6) is 0 Å². The van der Waals surface area contributed by atoms with Gasteiger partial charge < -0.3 is 20.5 Å².